The molecular formula is C20H28N4O3. The molecule has 2 aliphatic rings. The minimum Gasteiger partial charge on any atom is -0.446 e. The molecule has 2 atom stereocenters. The predicted molar refractivity (Wildman–Crippen MR) is 104 cm³/mol. The van der Waals surface area contributed by atoms with E-state index in [4.69, 9.17) is 4.42 Å². The van der Waals surface area contributed by atoms with Crippen LogP contribution in [0.15, 0.2) is 26.8 Å². The number of hydrogen-bond donors (Lipinski definition) is 2. The lowest BCUT2D eigenvalue weighted by Crippen LogP contribution is -2.24. The highest BCUT2D eigenvalue weighted by molar-refractivity contribution is 5.97. The Morgan fingerprint density at radius 1 is 0.852 bits per heavy atom. The quantitative estimate of drug-likeness (QED) is 0.785. The first kappa shape index (κ1) is 19.3. The molecule has 2 unspecified atom stereocenters. The second-order valence-electron chi connectivity index (χ2n) is 7.55. The number of carbonyl (C=O) groups is 2. The topological polar surface area (TPSA) is 96.1 Å². The molecule has 2 saturated carbocycles. The van der Waals surface area contributed by atoms with E-state index in [1.165, 1.54) is 25.0 Å². The summed E-state index contributed by atoms with van der Waals surface area (Å²) < 4.78 is 5.38. The zero-order valence-corrected chi connectivity index (χ0v) is 16.1. The average molecular weight is 372 g/mol. The molecule has 1 aromatic rings. The van der Waals surface area contributed by atoms with E-state index in [0.29, 0.717) is 11.8 Å². The molecule has 7 nitrogen and oxygen atoms in total. The van der Waals surface area contributed by atoms with Gasteiger partial charge in [-0.2, -0.15) is 10.2 Å². The monoisotopic (exact) mass is 372 g/mol. The molecule has 146 valence electrons. The summed E-state index contributed by atoms with van der Waals surface area (Å²) in [6, 6.07) is 2.95. The molecule has 2 amide bonds. The molecule has 2 fully saturated rings. The van der Waals surface area contributed by atoms with Gasteiger partial charge in [0, 0.05) is 11.4 Å². The zero-order chi connectivity index (χ0) is 19.2. The second kappa shape index (κ2) is 8.97. The van der Waals surface area contributed by atoms with Crippen LogP contribution in [0.5, 0.6) is 0 Å². The molecule has 0 aromatic carbocycles. The molecule has 0 bridgehead atoms. The van der Waals surface area contributed by atoms with E-state index in [-0.39, 0.29) is 11.5 Å². The summed E-state index contributed by atoms with van der Waals surface area (Å²) >= 11 is 0. The second-order valence-corrected chi connectivity index (χ2v) is 7.55. The molecule has 0 spiro atoms. The smallest absolute Gasteiger partial charge is 0.307 e. The van der Waals surface area contributed by atoms with Crippen molar-refractivity contribution in [2.45, 2.75) is 65.2 Å². The van der Waals surface area contributed by atoms with Crippen LogP contribution in [0.1, 0.15) is 86.3 Å². The van der Waals surface area contributed by atoms with Crippen LogP contribution < -0.4 is 10.9 Å². The maximum absolute atomic E-state index is 12.2. The van der Waals surface area contributed by atoms with Crippen LogP contribution in [-0.2, 0) is 0 Å². The first-order valence-electron chi connectivity index (χ1n) is 9.88. The van der Waals surface area contributed by atoms with Gasteiger partial charge in [-0.05, 0) is 62.5 Å². The molecule has 27 heavy (non-hydrogen) atoms. The lowest BCUT2D eigenvalue weighted by atomic mass is 9.89. The molecular weight excluding hydrogens is 344 g/mol. The van der Waals surface area contributed by atoms with Crippen molar-refractivity contribution in [3.05, 3.63) is 23.7 Å². The van der Waals surface area contributed by atoms with Gasteiger partial charge in [0.1, 0.15) is 0 Å². The van der Waals surface area contributed by atoms with Gasteiger partial charge in [-0.25, -0.2) is 10.9 Å². The van der Waals surface area contributed by atoms with Crippen molar-refractivity contribution < 1.29 is 14.0 Å². The fourth-order valence-corrected chi connectivity index (χ4v) is 3.61. The Hall–Kier alpha value is -2.44. The van der Waals surface area contributed by atoms with Crippen molar-refractivity contribution in [3.63, 3.8) is 0 Å². The number of furan rings is 1. The fraction of sp³-hybridized carbons (Fsp3) is 0.600. The van der Waals surface area contributed by atoms with Crippen molar-refractivity contribution >= 4 is 23.2 Å². The molecule has 1 aromatic heterocycles. The van der Waals surface area contributed by atoms with Gasteiger partial charge >= 0.3 is 11.8 Å². The molecule has 2 aliphatic carbocycles. The molecule has 1 heterocycles. The SMILES string of the molecule is CC1CCCCC1=NNC(=O)c1ccc(C(=O)NN=C2CCCCC2C)o1. The van der Waals surface area contributed by atoms with Gasteiger partial charge in [0.15, 0.2) is 11.5 Å². The Labute approximate surface area is 159 Å². The Bertz CT molecular complexity index is 690. The van der Waals surface area contributed by atoms with E-state index >= 15 is 0 Å². The summed E-state index contributed by atoms with van der Waals surface area (Å²) in [6.07, 6.45) is 8.62. The van der Waals surface area contributed by atoms with Crippen molar-refractivity contribution in [1.82, 2.24) is 10.9 Å². The first-order chi connectivity index (χ1) is 13.0. The summed E-state index contributed by atoms with van der Waals surface area (Å²) in [6.45, 7) is 4.24. The summed E-state index contributed by atoms with van der Waals surface area (Å²) in [5, 5.41) is 8.47. The fourth-order valence-electron chi connectivity index (χ4n) is 3.61. The van der Waals surface area contributed by atoms with Crippen LogP contribution in [-0.4, -0.2) is 23.2 Å². The van der Waals surface area contributed by atoms with Gasteiger partial charge in [0.25, 0.3) is 0 Å². The van der Waals surface area contributed by atoms with Gasteiger partial charge in [-0.15, -0.1) is 0 Å². The molecule has 2 N–H and O–H groups in total. The third-order valence-corrected chi connectivity index (χ3v) is 5.43. The Morgan fingerprint density at radius 2 is 1.30 bits per heavy atom. The van der Waals surface area contributed by atoms with Crippen LogP contribution in [0.3, 0.4) is 0 Å². The predicted octanol–water partition coefficient (Wildman–Crippen LogP) is 3.87. The number of nitrogens with one attached hydrogen (secondary N) is 2. The van der Waals surface area contributed by atoms with Gasteiger partial charge in [-0.1, -0.05) is 26.7 Å². The van der Waals surface area contributed by atoms with Gasteiger partial charge in [0.2, 0.25) is 0 Å². The van der Waals surface area contributed by atoms with Crippen LogP contribution in [0.25, 0.3) is 0 Å². The highest BCUT2D eigenvalue weighted by Crippen LogP contribution is 2.21. The molecule has 0 saturated heterocycles. The van der Waals surface area contributed by atoms with Crippen molar-refractivity contribution in [3.8, 4) is 0 Å². The maximum atomic E-state index is 12.2. The third-order valence-electron chi connectivity index (χ3n) is 5.43. The van der Waals surface area contributed by atoms with Crippen molar-refractivity contribution in [2.75, 3.05) is 0 Å². The maximum Gasteiger partial charge on any atom is 0.307 e. The Balaban J connectivity index is 1.57. The van der Waals surface area contributed by atoms with E-state index in [9.17, 15) is 9.59 Å². The summed E-state index contributed by atoms with van der Waals surface area (Å²) in [5.74, 6) is -0.00654. The van der Waals surface area contributed by atoms with E-state index in [1.807, 2.05) is 0 Å². The lowest BCUT2D eigenvalue weighted by molar-refractivity contribution is 0.0901. The number of nitrogens with zero attached hydrogens (tertiary/aromatic N) is 2. The number of carbonyl (C=O) groups excluding carboxylic acids is 2. The van der Waals surface area contributed by atoms with Crippen molar-refractivity contribution in [1.29, 1.82) is 0 Å². The van der Waals surface area contributed by atoms with Gasteiger partial charge < -0.3 is 4.42 Å². The highest BCUT2D eigenvalue weighted by atomic mass is 16.4. The first-order valence-corrected chi connectivity index (χ1v) is 9.88. The summed E-state index contributed by atoms with van der Waals surface area (Å²) in [4.78, 5) is 24.4. The van der Waals surface area contributed by atoms with Crippen LogP contribution in [0.2, 0.25) is 0 Å². The van der Waals surface area contributed by atoms with Crippen LogP contribution in [0.4, 0.5) is 0 Å². The normalized spacial score (nSPS) is 26.1. The van der Waals surface area contributed by atoms with Crippen LogP contribution >= 0.6 is 0 Å². The number of hydrazone groups is 2. The zero-order valence-electron chi connectivity index (χ0n) is 16.1. The van der Waals surface area contributed by atoms with E-state index in [1.54, 1.807) is 0 Å². The van der Waals surface area contributed by atoms with Crippen LogP contribution in [0, 0.1) is 11.8 Å². The van der Waals surface area contributed by atoms with Gasteiger partial charge in [-0.3, -0.25) is 9.59 Å². The molecule has 0 aliphatic heterocycles. The van der Waals surface area contributed by atoms with Crippen molar-refractivity contribution in [2.24, 2.45) is 22.0 Å². The number of hydrogen-bond acceptors (Lipinski definition) is 5. The lowest BCUT2D eigenvalue weighted by Gasteiger charge is -2.19. The Kier molecular flexibility index (Phi) is 6.42. The average Bonchev–Trinajstić information content (AvgIpc) is 3.17. The Morgan fingerprint density at radius 3 is 1.70 bits per heavy atom. The van der Waals surface area contributed by atoms with E-state index in [0.717, 1.165) is 49.9 Å². The third kappa shape index (κ3) is 5.05. The minimum absolute atomic E-state index is 0.0617. The van der Waals surface area contributed by atoms with E-state index < -0.39 is 11.8 Å². The standard InChI is InChI=1S/C20H28N4O3/c1-13-7-3-5-9-15(13)21-23-19(25)17-11-12-18(27-17)20(26)24-22-16-10-6-4-8-14(16)2/h11-14H,3-10H2,1-2H3,(H,23,25)(H,24,26). The molecule has 7 heteroatoms. The van der Waals surface area contributed by atoms with E-state index in [2.05, 4.69) is 34.9 Å². The highest BCUT2D eigenvalue weighted by Gasteiger charge is 2.19. The summed E-state index contributed by atoms with van der Waals surface area (Å²) in [7, 11) is 0. The largest absolute Gasteiger partial charge is 0.446 e. The minimum atomic E-state index is -0.452. The number of amides is 2. The molecule has 0 radical (unpaired) electrons. The number of rotatable bonds is 4. The van der Waals surface area contributed by atoms with Gasteiger partial charge in [0.05, 0.1) is 0 Å². The molecule has 3 rings (SSSR count). The summed E-state index contributed by atoms with van der Waals surface area (Å²) in [5.41, 5.74) is 7.10.